The molecule has 1 aromatic carbocycles. The quantitative estimate of drug-likeness (QED) is 0.744. The van der Waals surface area contributed by atoms with Gasteiger partial charge >= 0.3 is 5.97 Å². The summed E-state index contributed by atoms with van der Waals surface area (Å²) in [6.45, 7) is 0.294. The number of carboxylic acid groups (broad SMARTS) is 1. The Morgan fingerprint density at radius 2 is 1.95 bits per heavy atom. The smallest absolute Gasteiger partial charge is 0.307 e. The molecular formula is C14H15N3O3S. The van der Waals surface area contributed by atoms with Crippen molar-refractivity contribution in [1.29, 1.82) is 0 Å². The highest BCUT2D eigenvalue weighted by Crippen LogP contribution is 2.12. The number of aromatic nitrogens is 1. The molecule has 0 unspecified atom stereocenters. The van der Waals surface area contributed by atoms with Gasteiger partial charge in [0, 0.05) is 11.9 Å². The molecule has 0 bridgehead atoms. The minimum atomic E-state index is -0.897. The first-order chi connectivity index (χ1) is 10.0. The van der Waals surface area contributed by atoms with E-state index >= 15 is 0 Å². The molecule has 2 aromatic rings. The predicted molar refractivity (Wildman–Crippen MR) is 79.9 cm³/mol. The zero-order chi connectivity index (χ0) is 15.2. The van der Waals surface area contributed by atoms with Crippen molar-refractivity contribution in [2.24, 2.45) is 0 Å². The molecule has 0 atom stereocenters. The SMILES string of the molecule is Nc1nc(CC(=O)NCc2ccccc2CC(=O)O)cs1. The molecule has 0 saturated carbocycles. The van der Waals surface area contributed by atoms with Crippen LogP contribution in [0.5, 0.6) is 0 Å². The normalized spacial score (nSPS) is 10.3. The van der Waals surface area contributed by atoms with Crippen molar-refractivity contribution in [3.8, 4) is 0 Å². The predicted octanol–water partition coefficient (Wildman–Crippen LogP) is 1.21. The molecule has 0 radical (unpaired) electrons. The Balaban J connectivity index is 1.93. The number of aliphatic carboxylic acids is 1. The van der Waals surface area contributed by atoms with Gasteiger partial charge in [0.1, 0.15) is 0 Å². The van der Waals surface area contributed by atoms with E-state index in [-0.39, 0.29) is 18.7 Å². The van der Waals surface area contributed by atoms with Crippen molar-refractivity contribution in [3.63, 3.8) is 0 Å². The van der Waals surface area contributed by atoms with Crippen LogP contribution in [-0.4, -0.2) is 22.0 Å². The molecule has 2 rings (SSSR count). The maximum atomic E-state index is 11.8. The monoisotopic (exact) mass is 305 g/mol. The van der Waals surface area contributed by atoms with Gasteiger partial charge in [-0.05, 0) is 11.1 Å². The molecule has 21 heavy (non-hydrogen) atoms. The van der Waals surface area contributed by atoms with Gasteiger partial charge in [-0.15, -0.1) is 11.3 Å². The number of nitrogens with zero attached hydrogens (tertiary/aromatic N) is 1. The van der Waals surface area contributed by atoms with Crippen LogP contribution >= 0.6 is 11.3 Å². The summed E-state index contributed by atoms with van der Waals surface area (Å²) in [5.41, 5.74) is 7.63. The van der Waals surface area contributed by atoms with E-state index in [2.05, 4.69) is 10.3 Å². The Morgan fingerprint density at radius 1 is 1.24 bits per heavy atom. The maximum absolute atomic E-state index is 11.8. The third kappa shape index (κ3) is 4.57. The lowest BCUT2D eigenvalue weighted by atomic mass is 10.0. The van der Waals surface area contributed by atoms with Crippen molar-refractivity contribution in [2.75, 3.05) is 5.73 Å². The van der Waals surface area contributed by atoms with Gasteiger partial charge in [0.15, 0.2) is 5.13 Å². The van der Waals surface area contributed by atoms with Crippen LogP contribution in [0.15, 0.2) is 29.6 Å². The summed E-state index contributed by atoms with van der Waals surface area (Å²) in [5.74, 6) is -1.07. The number of nitrogen functional groups attached to an aromatic ring is 1. The summed E-state index contributed by atoms with van der Waals surface area (Å²) >= 11 is 1.29. The summed E-state index contributed by atoms with van der Waals surface area (Å²) in [7, 11) is 0. The van der Waals surface area contributed by atoms with Crippen molar-refractivity contribution < 1.29 is 14.7 Å². The van der Waals surface area contributed by atoms with Gasteiger partial charge in [-0.2, -0.15) is 0 Å². The van der Waals surface area contributed by atoms with Crippen LogP contribution in [0.25, 0.3) is 0 Å². The molecule has 0 fully saturated rings. The van der Waals surface area contributed by atoms with Crippen molar-refractivity contribution in [1.82, 2.24) is 10.3 Å². The van der Waals surface area contributed by atoms with Crippen LogP contribution in [0, 0.1) is 0 Å². The number of hydrogen-bond acceptors (Lipinski definition) is 5. The van der Waals surface area contributed by atoms with E-state index < -0.39 is 5.97 Å². The van der Waals surface area contributed by atoms with E-state index in [1.54, 1.807) is 23.6 Å². The Kier molecular flexibility index (Phi) is 4.89. The molecule has 7 heteroatoms. The zero-order valence-corrected chi connectivity index (χ0v) is 12.0. The third-order valence-electron chi connectivity index (χ3n) is 2.85. The Hall–Kier alpha value is -2.41. The van der Waals surface area contributed by atoms with Crippen LogP contribution < -0.4 is 11.1 Å². The minimum absolute atomic E-state index is 0.0608. The van der Waals surface area contributed by atoms with Crippen LogP contribution in [-0.2, 0) is 29.0 Å². The second kappa shape index (κ2) is 6.85. The fraction of sp³-hybridized carbons (Fsp3) is 0.214. The number of nitrogens with one attached hydrogen (secondary N) is 1. The zero-order valence-electron chi connectivity index (χ0n) is 11.2. The molecule has 0 aliphatic rings. The molecule has 1 heterocycles. The molecule has 1 aromatic heterocycles. The standard InChI is InChI=1S/C14H15N3O3S/c15-14-17-11(8-21-14)6-12(18)16-7-10-4-2-1-3-9(10)5-13(19)20/h1-4,8H,5-7H2,(H2,15,17)(H,16,18)(H,19,20). The number of hydrogen-bond donors (Lipinski definition) is 3. The van der Waals surface area contributed by atoms with Gasteiger partial charge in [0.25, 0.3) is 0 Å². The summed E-state index contributed by atoms with van der Waals surface area (Å²) < 4.78 is 0. The van der Waals surface area contributed by atoms with Crippen LogP contribution in [0.4, 0.5) is 5.13 Å². The second-order valence-electron chi connectivity index (χ2n) is 4.47. The number of anilines is 1. The molecule has 4 N–H and O–H groups in total. The summed E-state index contributed by atoms with van der Waals surface area (Å²) in [5, 5.41) is 13.8. The van der Waals surface area contributed by atoms with Gasteiger partial charge < -0.3 is 16.2 Å². The lowest BCUT2D eigenvalue weighted by molar-refractivity contribution is -0.136. The van der Waals surface area contributed by atoms with Crippen LogP contribution in [0.3, 0.4) is 0 Å². The number of thiazole rings is 1. The average Bonchev–Trinajstić information content (AvgIpc) is 2.82. The molecule has 0 aliphatic heterocycles. The number of nitrogens with two attached hydrogens (primary N) is 1. The Morgan fingerprint density at radius 3 is 2.57 bits per heavy atom. The number of carbonyl (C=O) groups is 2. The first-order valence-corrected chi connectivity index (χ1v) is 7.17. The minimum Gasteiger partial charge on any atom is -0.481 e. The lowest BCUT2D eigenvalue weighted by Gasteiger charge is -2.09. The summed E-state index contributed by atoms with van der Waals surface area (Å²) in [6.07, 6.45) is 0.101. The van der Waals surface area contributed by atoms with Crippen LogP contribution in [0.1, 0.15) is 16.8 Å². The fourth-order valence-electron chi connectivity index (χ4n) is 1.89. The van der Waals surface area contributed by atoms with Crippen LogP contribution in [0.2, 0.25) is 0 Å². The van der Waals surface area contributed by atoms with E-state index in [0.717, 1.165) is 5.56 Å². The number of amides is 1. The van der Waals surface area contributed by atoms with Crippen molar-refractivity contribution >= 4 is 28.3 Å². The van der Waals surface area contributed by atoms with Gasteiger partial charge in [0.2, 0.25) is 5.91 Å². The largest absolute Gasteiger partial charge is 0.481 e. The average molecular weight is 305 g/mol. The lowest BCUT2D eigenvalue weighted by Crippen LogP contribution is -2.25. The van der Waals surface area contributed by atoms with E-state index in [1.165, 1.54) is 11.3 Å². The van der Waals surface area contributed by atoms with Gasteiger partial charge in [-0.25, -0.2) is 4.98 Å². The molecule has 110 valence electrons. The highest BCUT2D eigenvalue weighted by atomic mass is 32.1. The van der Waals surface area contributed by atoms with E-state index in [4.69, 9.17) is 10.8 Å². The summed E-state index contributed by atoms with van der Waals surface area (Å²) in [6, 6.07) is 7.14. The Labute approximate surface area is 125 Å². The molecule has 0 aliphatic carbocycles. The number of benzene rings is 1. The highest BCUT2D eigenvalue weighted by Gasteiger charge is 2.09. The maximum Gasteiger partial charge on any atom is 0.307 e. The van der Waals surface area contributed by atoms with Gasteiger partial charge in [-0.3, -0.25) is 9.59 Å². The Bertz CT molecular complexity index is 654. The topological polar surface area (TPSA) is 105 Å². The molecule has 0 saturated heterocycles. The number of carbonyl (C=O) groups excluding carboxylic acids is 1. The third-order valence-corrected chi connectivity index (χ3v) is 3.57. The molecule has 6 nitrogen and oxygen atoms in total. The fourth-order valence-corrected chi connectivity index (χ4v) is 2.45. The molecular weight excluding hydrogens is 290 g/mol. The van der Waals surface area contributed by atoms with E-state index in [9.17, 15) is 9.59 Å². The first kappa shape index (κ1) is 15.0. The highest BCUT2D eigenvalue weighted by molar-refractivity contribution is 7.13. The van der Waals surface area contributed by atoms with Gasteiger partial charge in [-0.1, -0.05) is 24.3 Å². The number of rotatable bonds is 6. The number of carboxylic acids is 1. The second-order valence-corrected chi connectivity index (χ2v) is 5.36. The molecule has 0 spiro atoms. The van der Waals surface area contributed by atoms with Crippen molar-refractivity contribution in [3.05, 3.63) is 46.5 Å². The van der Waals surface area contributed by atoms with Crippen molar-refractivity contribution in [2.45, 2.75) is 19.4 Å². The first-order valence-electron chi connectivity index (χ1n) is 6.29. The van der Waals surface area contributed by atoms with E-state index in [1.807, 2.05) is 6.07 Å². The van der Waals surface area contributed by atoms with E-state index in [0.29, 0.717) is 22.9 Å². The molecule has 1 amide bonds. The van der Waals surface area contributed by atoms with Gasteiger partial charge in [0.05, 0.1) is 18.5 Å². The summed E-state index contributed by atoms with van der Waals surface area (Å²) in [4.78, 5) is 26.6.